The van der Waals surface area contributed by atoms with Crippen LogP contribution in [-0.4, -0.2) is 17.7 Å². The Bertz CT molecular complexity index is 940. The van der Waals surface area contributed by atoms with Crippen molar-refractivity contribution < 1.29 is 14.6 Å². The van der Waals surface area contributed by atoms with E-state index in [1.54, 1.807) is 6.08 Å². The summed E-state index contributed by atoms with van der Waals surface area (Å²) in [5.74, 6) is -0.0535. The first kappa shape index (κ1) is 28.4. The first-order valence-corrected chi connectivity index (χ1v) is 13.1. The Balaban J connectivity index is 1.90. The molecule has 0 aliphatic rings. The topological polar surface area (TPSA) is 72.5 Å². The summed E-state index contributed by atoms with van der Waals surface area (Å²) in [4.78, 5) is 10.7. The van der Waals surface area contributed by atoms with Gasteiger partial charge in [0.2, 0.25) is 0 Å². The molecule has 35 heavy (non-hydrogen) atoms. The molecule has 0 aromatic heterocycles. The number of carboxylic acids is 1. The van der Waals surface area contributed by atoms with Crippen molar-refractivity contribution in [2.45, 2.75) is 84.1 Å². The van der Waals surface area contributed by atoms with Gasteiger partial charge in [0, 0.05) is 6.08 Å². The van der Waals surface area contributed by atoms with E-state index in [-0.39, 0.29) is 0 Å². The molecular formula is C31H43NO3. The third kappa shape index (κ3) is 10.1. The van der Waals surface area contributed by atoms with Gasteiger partial charge in [0.15, 0.2) is 0 Å². The summed E-state index contributed by atoms with van der Waals surface area (Å²) < 4.78 is 5.93. The van der Waals surface area contributed by atoms with Gasteiger partial charge in [-0.1, -0.05) is 101 Å². The molecule has 0 amide bonds. The van der Waals surface area contributed by atoms with E-state index < -0.39 is 11.5 Å². The maximum absolute atomic E-state index is 10.7. The predicted molar refractivity (Wildman–Crippen MR) is 147 cm³/mol. The van der Waals surface area contributed by atoms with E-state index >= 15 is 0 Å². The van der Waals surface area contributed by atoms with E-state index in [2.05, 4.69) is 32.1 Å². The fourth-order valence-electron chi connectivity index (χ4n) is 4.20. The summed E-state index contributed by atoms with van der Waals surface area (Å²) in [5.41, 5.74) is 10.2. The Morgan fingerprint density at radius 1 is 0.886 bits per heavy atom. The van der Waals surface area contributed by atoms with Crippen LogP contribution in [0.4, 0.5) is 0 Å². The van der Waals surface area contributed by atoms with Crippen LogP contribution in [0.2, 0.25) is 0 Å². The number of benzene rings is 2. The van der Waals surface area contributed by atoms with E-state index in [9.17, 15) is 4.79 Å². The first-order chi connectivity index (χ1) is 16.9. The van der Waals surface area contributed by atoms with E-state index in [4.69, 9.17) is 15.6 Å². The summed E-state index contributed by atoms with van der Waals surface area (Å²) in [6, 6.07) is 15.9. The summed E-state index contributed by atoms with van der Waals surface area (Å²) >= 11 is 0. The Hall–Kier alpha value is -2.85. The highest BCUT2D eigenvalue weighted by Crippen LogP contribution is 2.31. The number of nitrogens with two attached hydrogens (primary N) is 1. The number of carboxylic acid groups (broad SMARTS) is 1. The van der Waals surface area contributed by atoms with Gasteiger partial charge in [0.1, 0.15) is 5.75 Å². The minimum atomic E-state index is -0.960. The molecule has 0 bridgehead atoms. The normalized spacial score (nSPS) is 13.7. The van der Waals surface area contributed by atoms with Crippen LogP contribution in [-0.2, 0) is 10.3 Å². The van der Waals surface area contributed by atoms with E-state index in [1.165, 1.54) is 44.9 Å². The smallest absolute Gasteiger partial charge is 0.328 e. The van der Waals surface area contributed by atoms with Crippen LogP contribution in [0.25, 0.3) is 12.2 Å². The molecule has 0 saturated heterocycles. The van der Waals surface area contributed by atoms with Crippen molar-refractivity contribution in [3.63, 3.8) is 0 Å². The third-order valence-corrected chi connectivity index (χ3v) is 6.46. The van der Waals surface area contributed by atoms with Gasteiger partial charge in [0.25, 0.3) is 0 Å². The number of hydrogen-bond acceptors (Lipinski definition) is 3. The molecule has 0 fully saturated rings. The first-order valence-electron chi connectivity index (χ1n) is 13.1. The number of aliphatic carboxylic acids is 1. The monoisotopic (exact) mass is 477 g/mol. The highest BCUT2D eigenvalue weighted by molar-refractivity contribution is 5.85. The molecule has 0 saturated carbocycles. The number of ether oxygens (including phenoxy) is 1. The molecule has 0 aliphatic carbocycles. The molecule has 3 N–H and O–H groups in total. The molecule has 1 unspecified atom stereocenters. The minimum absolute atomic E-state index is 0.629. The number of rotatable bonds is 16. The van der Waals surface area contributed by atoms with Crippen LogP contribution >= 0.6 is 0 Å². The SMILES string of the molecule is CCCCCCCCCCOc1ccc(C=C(CC)C(C)(N)c2ccc(C=CC(=O)O)cc2)cc1. The Labute approximate surface area is 211 Å². The molecule has 190 valence electrons. The summed E-state index contributed by atoms with van der Waals surface area (Å²) in [5, 5.41) is 8.80. The van der Waals surface area contributed by atoms with Crippen LogP contribution in [0.3, 0.4) is 0 Å². The summed E-state index contributed by atoms with van der Waals surface area (Å²) in [6.45, 7) is 7.15. The van der Waals surface area contributed by atoms with Crippen molar-refractivity contribution in [2.75, 3.05) is 6.61 Å². The second-order valence-corrected chi connectivity index (χ2v) is 9.41. The fraction of sp³-hybridized carbons (Fsp3) is 0.452. The molecule has 2 rings (SSSR count). The van der Waals surface area contributed by atoms with Crippen LogP contribution in [0.5, 0.6) is 5.75 Å². The van der Waals surface area contributed by atoms with E-state index in [0.717, 1.165) is 53.5 Å². The van der Waals surface area contributed by atoms with Crippen molar-refractivity contribution in [1.29, 1.82) is 0 Å². The number of hydrogen-bond donors (Lipinski definition) is 2. The molecule has 0 spiro atoms. The third-order valence-electron chi connectivity index (χ3n) is 6.46. The highest BCUT2D eigenvalue weighted by Gasteiger charge is 2.25. The molecule has 4 heteroatoms. The lowest BCUT2D eigenvalue weighted by Gasteiger charge is -2.28. The number of unbranched alkanes of at least 4 members (excludes halogenated alkanes) is 7. The zero-order valence-electron chi connectivity index (χ0n) is 21.8. The van der Waals surface area contributed by atoms with Crippen LogP contribution in [0.15, 0.2) is 60.2 Å². The average molecular weight is 478 g/mol. The molecule has 2 aromatic carbocycles. The quantitative estimate of drug-likeness (QED) is 0.190. The van der Waals surface area contributed by atoms with Gasteiger partial charge in [0.05, 0.1) is 12.1 Å². The molecule has 4 nitrogen and oxygen atoms in total. The fourth-order valence-corrected chi connectivity index (χ4v) is 4.20. The lowest BCUT2D eigenvalue weighted by Crippen LogP contribution is -2.35. The Morgan fingerprint density at radius 2 is 1.46 bits per heavy atom. The van der Waals surface area contributed by atoms with Crippen molar-refractivity contribution in [2.24, 2.45) is 5.73 Å². The van der Waals surface area contributed by atoms with Gasteiger partial charge in [-0.2, -0.15) is 0 Å². The Kier molecular flexibility index (Phi) is 12.3. The Morgan fingerprint density at radius 3 is 2.03 bits per heavy atom. The molecule has 0 heterocycles. The van der Waals surface area contributed by atoms with Crippen molar-refractivity contribution >= 4 is 18.1 Å². The van der Waals surface area contributed by atoms with Gasteiger partial charge in [-0.3, -0.25) is 0 Å². The largest absolute Gasteiger partial charge is 0.494 e. The predicted octanol–water partition coefficient (Wildman–Crippen LogP) is 7.97. The van der Waals surface area contributed by atoms with Crippen molar-refractivity contribution in [3.05, 3.63) is 76.9 Å². The lowest BCUT2D eigenvalue weighted by atomic mass is 9.82. The standard InChI is InChI=1S/C31H43NO3/c1-4-6-7-8-9-10-11-12-23-35-29-20-15-26(16-21-29)24-27(5-2)31(3,32)28-18-13-25(14-19-28)17-22-30(33)34/h13-22,24H,4-12,23,32H2,1-3H3,(H,33,34). The molecule has 1 atom stereocenters. The highest BCUT2D eigenvalue weighted by atomic mass is 16.5. The zero-order valence-corrected chi connectivity index (χ0v) is 21.8. The summed E-state index contributed by atoms with van der Waals surface area (Å²) in [6.07, 6.45) is 16.1. The maximum atomic E-state index is 10.7. The van der Waals surface area contributed by atoms with Crippen LogP contribution in [0.1, 0.15) is 95.2 Å². The van der Waals surface area contributed by atoms with Gasteiger partial charge < -0.3 is 15.6 Å². The molecular weight excluding hydrogens is 434 g/mol. The van der Waals surface area contributed by atoms with Gasteiger partial charge in [-0.15, -0.1) is 0 Å². The second-order valence-electron chi connectivity index (χ2n) is 9.41. The molecule has 0 aliphatic heterocycles. The minimum Gasteiger partial charge on any atom is -0.494 e. The van der Waals surface area contributed by atoms with Crippen LogP contribution in [0, 0.1) is 0 Å². The maximum Gasteiger partial charge on any atom is 0.328 e. The van der Waals surface area contributed by atoms with Gasteiger partial charge in [-0.05, 0) is 60.2 Å². The van der Waals surface area contributed by atoms with Crippen molar-refractivity contribution in [1.82, 2.24) is 0 Å². The summed E-state index contributed by atoms with van der Waals surface area (Å²) in [7, 11) is 0. The zero-order chi connectivity index (χ0) is 25.5. The van der Waals surface area contributed by atoms with Crippen LogP contribution < -0.4 is 10.5 Å². The van der Waals surface area contributed by atoms with Gasteiger partial charge in [-0.25, -0.2) is 4.79 Å². The molecule has 0 radical (unpaired) electrons. The van der Waals surface area contributed by atoms with Gasteiger partial charge >= 0.3 is 5.97 Å². The second kappa shape index (κ2) is 15.2. The average Bonchev–Trinajstić information content (AvgIpc) is 2.86. The molecule has 2 aromatic rings. The van der Waals surface area contributed by atoms with E-state index in [0.29, 0.717) is 0 Å². The lowest BCUT2D eigenvalue weighted by molar-refractivity contribution is -0.131. The van der Waals surface area contributed by atoms with E-state index in [1.807, 2.05) is 43.3 Å². The number of carbonyl (C=O) groups is 1. The van der Waals surface area contributed by atoms with Crippen molar-refractivity contribution in [3.8, 4) is 5.75 Å².